The van der Waals surface area contributed by atoms with Gasteiger partial charge in [0.1, 0.15) is 6.61 Å². The van der Waals surface area contributed by atoms with Crippen LogP contribution in [-0.4, -0.2) is 24.3 Å². The van der Waals surface area contributed by atoms with E-state index in [1.54, 1.807) is 50.3 Å². The largest absolute Gasteiger partial charge is 0.493 e. The number of fused-ring (bicyclic) bond motifs is 1. The van der Waals surface area contributed by atoms with Gasteiger partial charge in [0.05, 0.1) is 40.6 Å². The minimum absolute atomic E-state index is 0.145. The molecule has 4 aromatic rings. The van der Waals surface area contributed by atoms with Crippen LogP contribution in [0.4, 0.5) is 0 Å². The Kier molecular flexibility index (Phi) is 9.08. The first-order valence-corrected chi connectivity index (χ1v) is 14.9. The third-order valence-electron chi connectivity index (χ3n) is 6.57. The van der Waals surface area contributed by atoms with Gasteiger partial charge in [0.2, 0.25) is 0 Å². The SMILES string of the molecule is CCOC(=O)C1=C(C)N=c2s/c(=C\c3cc(Cl)c(OCc4ccc(Cl)cc4Cl)c(OC)c3)c(=O)n2[C@H]1c1ccccc1. The molecule has 0 saturated heterocycles. The number of carbonyl (C=O) groups is 1. The summed E-state index contributed by atoms with van der Waals surface area (Å²) in [6.07, 6.45) is 1.71. The highest BCUT2D eigenvalue weighted by Crippen LogP contribution is 2.38. The number of carbonyl (C=O) groups excluding carboxylic acids is 1. The van der Waals surface area contributed by atoms with Crippen molar-refractivity contribution in [2.24, 2.45) is 4.99 Å². The van der Waals surface area contributed by atoms with E-state index >= 15 is 0 Å². The van der Waals surface area contributed by atoms with E-state index in [2.05, 4.69) is 4.99 Å². The van der Waals surface area contributed by atoms with Crippen LogP contribution in [0.25, 0.3) is 6.08 Å². The second-order valence-corrected chi connectivity index (χ2v) is 11.5. The molecule has 0 saturated carbocycles. The van der Waals surface area contributed by atoms with Crippen LogP contribution in [0.1, 0.15) is 36.6 Å². The molecular weight excluding hydrogens is 619 g/mol. The lowest BCUT2D eigenvalue weighted by molar-refractivity contribution is -0.139. The number of nitrogens with zero attached hydrogens (tertiary/aromatic N) is 2. The van der Waals surface area contributed by atoms with E-state index in [1.165, 1.54) is 23.0 Å². The summed E-state index contributed by atoms with van der Waals surface area (Å²) in [6, 6.07) is 17.2. The Bertz CT molecular complexity index is 1880. The number of benzene rings is 3. The monoisotopic (exact) mass is 642 g/mol. The first-order chi connectivity index (χ1) is 20.2. The summed E-state index contributed by atoms with van der Waals surface area (Å²) in [5.41, 5.74) is 2.66. The Balaban J connectivity index is 1.56. The molecule has 11 heteroatoms. The van der Waals surface area contributed by atoms with E-state index in [4.69, 9.17) is 49.0 Å². The standard InChI is InChI=1S/C31H25Cl3N2O5S/c1-4-40-30(38)26-17(2)35-31-36(27(26)19-8-6-5-7-9-19)29(37)25(42-31)14-18-12-23(34)28(24(13-18)39-3)41-16-20-10-11-21(32)15-22(20)33/h5-15,27H,4,16H2,1-3H3/b25-14-/t27-/m0/s1. The van der Waals surface area contributed by atoms with E-state index in [1.807, 2.05) is 30.3 Å². The first kappa shape index (κ1) is 29.9. The molecule has 0 fully saturated rings. The zero-order valence-electron chi connectivity index (χ0n) is 22.8. The summed E-state index contributed by atoms with van der Waals surface area (Å²) in [6.45, 7) is 3.84. The van der Waals surface area contributed by atoms with Gasteiger partial charge in [-0.25, -0.2) is 9.79 Å². The smallest absolute Gasteiger partial charge is 0.338 e. The third-order valence-corrected chi connectivity index (χ3v) is 8.42. The van der Waals surface area contributed by atoms with Gasteiger partial charge in [-0.15, -0.1) is 0 Å². The summed E-state index contributed by atoms with van der Waals surface area (Å²) < 4.78 is 18.8. The molecule has 0 N–H and O–H groups in total. The summed E-state index contributed by atoms with van der Waals surface area (Å²) in [5, 5.41) is 1.29. The molecule has 2 heterocycles. The molecule has 0 bridgehead atoms. The maximum Gasteiger partial charge on any atom is 0.338 e. The molecule has 1 aliphatic heterocycles. The van der Waals surface area contributed by atoms with Crippen LogP contribution in [0.2, 0.25) is 15.1 Å². The van der Waals surface area contributed by atoms with Crippen LogP contribution in [0, 0.1) is 0 Å². The zero-order valence-corrected chi connectivity index (χ0v) is 25.9. The number of esters is 1. The minimum Gasteiger partial charge on any atom is -0.493 e. The van der Waals surface area contributed by atoms with Crippen molar-refractivity contribution in [3.05, 3.63) is 123 Å². The molecule has 1 aromatic heterocycles. The van der Waals surface area contributed by atoms with Crippen LogP contribution in [-0.2, 0) is 16.1 Å². The Morgan fingerprint density at radius 2 is 1.83 bits per heavy atom. The van der Waals surface area contributed by atoms with Crippen molar-refractivity contribution in [3.8, 4) is 11.5 Å². The van der Waals surface area contributed by atoms with Gasteiger partial charge < -0.3 is 14.2 Å². The molecular formula is C31H25Cl3N2O5S. The number of ether oxygens (including phenoxy) is 3. The van der Waals surface area contributed by atoms with Crippen LogP contribution < -0.4 is 24.4 Å². The average Bonchev–Trinajstić information content (AvgIpc) is 3.26. The van der Waals surface area contributed by atoms with E-state index in [-0.39, 0.29) is 18.8 Å². The normalized spacial score (nSPS) is 14.8. The second-order valence-electron chi connectivity index (χ2n) is 9.27. The first-order valence-electron chi connectivity index (χ1n) is 12.9. The molecule has 1 aliphatic rings. The lowest BCUT2D eigenvalue weighted by Gasteiger charge is -2.24. The van der Waals surface area contributed by atoms with E-state index in [0.29, 0.717) is 52.7 Å². The van der Waals surface area contributed by atoms with Gasteiger partial charge in [-0.1, -0.05) is 82.5 Å². The van der Waals surface area contributed by atoms with Crippen molar-refractivity contribution in [3.63, 3.8) is 0 Å². The van der Waals surface area contributed by atoms with Gasteiger partial charge in [0, 0.05) is 15.6 Å². The number of methoxy groups -OCH3 is 1. The van der Waals surface area contributed by atoms with Crippen molar-refractivity contribution in [2.45, 2.75) is 26.5 Å². The molecule has 0 amide bonds. The van der Waals surface area contributed by atoms with Gasteiger partial charge in [-0.3, -0.25) is 9.36 Å². The van der Waals surface area contributed by atoms with Crippen LogP contribution in [0.5, 0.6) is 11.5 Å². The van der Waals surface area contributed by atoms with Crippen LogP contribution >= 0.6 is 46.1 Å². The van der Waals surface area contributed by atoms with Crippen LogP contribution in [0.3, 0.4) is 0 Å². The number of hydrogen-bond acceptors (Lipinski definition) is 7. The van der Waals surface area contributed by atoms with Gasteiger partial charge in [-0.05, 0) is 55.3 Å². The minimum atomic E-state index is -0.683. The van der Waals surface area contributed by atoms with E-state index in [0.717, 1.165) is 11.1 Å². The predicted molar refractivity (Wildman–Crippen MR) is 166 cm³/mol. The van der Waals surface area contributed by atoms with Crippen molar-refractivity contribution >= 4 is 58.2 Å². The Morgan fingerprint density at radius 3 is 2.52 bits per heavy atom. The lowest BCUT2D eigenvalue weighted by Crippen LogP contribution is -2.39. The van der Waals surface area contributed by atoms with Crippen molar-refractivity contribution < 1.29 is 19.0 Å². The molecule has 0 unspecified atom stereocenters. The fourth-order valence-corrected chi connectivity index (χ4v) is 6.43. The highest BCUT2D eigenvalue weighted by Gasteiger charge is 2.33. The number of aromatic nitrogens is 1. The molecule has 0 aliphatic carbocycles. The average molecular weight is 644 g/mol. The topological polar surface area (TPSA) is 79.1 Å². The molecule has 7 nitrogen and oxygen atoms in total. The van der Waals surface area contributed by atoms with Crippen molar-refractivity contribution in [2.75, 3.05) is 13.7 Å². The third kappa shape index (κ3) is 5.99. The predicted octanol–water partition coefficient (Wildman–Crippen LogP) is 6.35. The number of rotatable bonds is 8. The molecule has 3 aromatic carbocycles. The Labute approximate surface area is 260 Å². The fraction of sp³-hybridized carbons (Fsp3) is 0.194. The van der Waals surface area contributed by atoms with E-state index in [9.17, 15) is 9.59 Å². The number of allylic oxidation sites excluding steroid dienone is 1. The van der Waals surface area contributed by atoms with Gasteiger partial charge in [0.15, 0.2) is 16.3 Å². The molecule has 1 atom stereocenters. The zero-order chi connectivity index (χ0) is 30.0. The summed E-state index contributed by atoms with van der Waals surface area (Å²) in [5.74, 6) is 0.214. The number of halogens is 3. The second kappa shape index (κ2) is 12.8. The quantitative estimate of drug-likeness (QED) is 0.209. The van der Waals surface area contributed by atoms with Gasteiger partial charge in [-0.2, -0.15) is 0 Å². The molecule has 0 radical (unpaired) electrons. The van der Waals surface area contributed by atoms with Gasteiger partial charge in [0.25, 0.3) is 5.56 Å². The summed E-state index contributed by atoms with van der Waals surface area (Å²) >= 11 is 20.1. The number of thiazole rings is 1. The number of hydrogen-bond donors (Lipinski definition) is 0. The summed E-state index contributed by atoms with van der Waals surface area (Å²) in [4.78, 5) is 32.0. The maximum absolute atomic E-state index is 13.9. The van der Waals surface area contributed by atoms with Crippen molar-refractivity contribution in [1.82, 2.24) is 4.57 Å². The summed E-state index contributed by atoms with van der Waals surface area (Å²) in [7, 11) is 1.50. The van der Waals surface area contributed by atoms with E-state index < -0.39 is 12.0 Å². The molecule has 216 valence electrons. The highest BCUT2D eigenvalue weighted by molar-refractivity contribution is 7.07. The maximum atomic E-state index is 13.9. The molecule has 42 heavy (non-hydrogen) atoms. The molecule has 5 rings (SSSR count). The highest BCUT2D eigenvalue weighted by atomic mass is 35.5. The molecule has 0 spiro atoms. The Hall–Kier alpha value is -3.56. The Morgan fingerprint density at radius 1 is 1.07 bits per heavy atom. The van der Waals surface area contributed by atoms with Gasteiger partial charge >= 0.3 is 5.97 Å². The fourth-order valence-electron chi connectivity index (χ4n) is 4.65. The van der Waals surface area contributed by atoms with Crippen LogP contribution in [0.15, 0.2) is 81.7 Å². The lowest BCUT2D eigenvalue weighted by atomic mass is 9.96. The van der Waals surface area contributed by atoms with Crippen molar-refractivity contribution in [1.29, 1.82) is 0 Å².